The molecule has 0 radical (unpaired) electrons. The van der Waals surface area contributed by atoms with E-state index < -0.39 is 5.91 Å². The second kappa shape index (κ2) is 2.74. The van der Waals surface area contributed by atoms with Crippen LogP contribution in [0.15, 0.2) is 18.7 Å². The Balaban J connectivity index is 2.83. The lowest BCUT2D eigenvalue weighted by Gasteiger charge is -1.97. The van der Waals surface area contributed by atoms with Gasteiger partial charge >= 0.3 is 0 Å². The zero-order valence-electron chi connectivity index (χ0n) is 6.51. The minimum Gasteiger partial charge on any atom is -0.364 e. The quantitative estimate of drug-likeness (QED) is 0.631. The molecule has 2 heterocycles. The van der Waals surface area contributed by atoms with Crippen molar-refractivity contribution in [3.8, 4) is 0 Å². The van der Waals surface area contributed by atoms with Gasteiger partial charge in [0, 0.05) is 12.4 Å². The number of nitrogens with two attached hydrogens (primary N) is 1. The van der Waals surface area contributed by atoms with E-state index >= 15 is 0 Å². The summed E-state index contributed by atoms with van der Waals surface area (Å²) in [4.78, 5) is 26.2. The predicted octanol–water partition coefficient (Wildman–Crippen LogP) is -0.481. The molecular weight excluding hydrogens is 170 g/mol. The van der Waals surface area contributed by atoms with Crippen LogP contribution in [0.2, 0.25) is 0 Å². The maximum absolute atomic E-state index is 10.9. The lowest BCUT2D eigenvalue weighted by atomic mass is 10.3. The van der Waals surface area contributed by atoms with Crippen molar-refractivity contribution < 1.29 is 4.79 Å². The van der Waals surface area contributed by atoms with E-state index in [-0.39, 0.29) is 5.69 Å². The standard InChI is InChI=1S/C7H5N5O/c8-6(13)4-5-7(12-3-11-4)10-2-1-9-5/h1-3H,(H2,8,13). The van der Waals surface area contributed by atoms with E-state index in [0.29, 0.717) is 11.2 Å². The fourth-order valence-corrected chi connectivity index (χ4v) is 0.975. The molecule has 0 saturated heterocycles. The minimum absolute atomic E-state index is 0.0955. The van der Waals surface area contributed by atoms with Crippen molar-refractivity contribution in [2.24, 2.45) is 5.73 Å². The highest BCUT2D eigenvalue weighted by Crippen LogP contribution is 2.06. The van der Waals surface area contributed by atoms with E-state index in [1.807, 2.05) is 0 Å². The fourth-order valence-electron chi connectivity index (χ4n) is 0.975. The molecular formula is C7H5N5O. The Kier molecular flexibility index (Phi) is 1.59. The second-order valence-electron chi connectivity index (χ2n) is 2.32. The number of carbonyl (C=O) groups is 1. The van der Waals surface area contributed by atoms with E-state index in [9.17, 15) is 4.79 Å². The first-order valence-corrected chi connectivity index (χ1v) is 3.50. The summed E-state index contributed by atoms with van der Waals surface area (Å²) in [7, 11) is 0. The molecule has 0 aliphatic carbocycles. The first-order chi connectivity index (χ1) is 6.29. The molecule has 6 heteroatoms. The highest BCUT2D eigenvalue weighted by atomic mass is 16.1. The molecule has 0 fully saturated rings. The van der Waals surface area contributed by atoms with Crippen LogP contribution in [0, 0.1) is 0 Å². The Morgan fingerprint density at radius 2 is 1.92 bits per heavy atom. The van der Waals surface area contributed by atoms with Crippen molar-refractivity contribution >= 4 is 17.1 Å². The Hall–Kier alpha value is -2.11. The van der Waals surface area contributed by atoms with E-state index in [1.54, 1.807) is 0 Å². The number of rotatable bonds is 1. The normalized spacial score (nSPS) is 10.2. The number of amides is 1. The first kappa shape index (κ1) is 7.53. The third kappa shape index (κ3) is 1.18. The van der Waals surface area contributed by atoms with Crippen molar-refractivity contribution in [1.82, 2.24) is 19.9 Å². The summed E-state index contributed by atoms with van der Waals surface area (Å²) in [6, 6.07) is 0. The summed E-state index contributed by atoms with van der Waals surface area (Å²) < 4.78 is 0. The second-order valence-corrected chi connectivity index (χ2v) is 2.32. The van der Waals surface area contributed by atoms with Gasteiger partial charge < -0.3 is 5.73 Å². The predicted molar refractivity (Wildman–Crippen MR) is 43.6 cm³/mol. The summed E-state index contributed by atoms with van der Waals surface area (Å²) >= 11 is 0. The fraction of sp³-hybridized carbons (Fsp3) is 0. The van der Waals surface area contributed by atoms with Gasteiger partial charge in [-0.3, -0.25) is 4.79 Å². The Bertz CT molecular complexity index is 464. The van der Waals surface area contributed by atoms with Crippen molar-refractivity contribution in [3.05, 3.63) is 24.4 Å². The number of hydrogen-bond donors (Lipinski definition) is 1. The van der Waals surface area contributed by atoms with Gasteiger partial charge in [-0.1, -0.05) is 0 Å². The van der Waals surface area contributed by atoms with E-state index in [2.05, 4.69) is 19.9 Å². The third-order valence-electron chi connectivity index (χ3n) is 1.50. The van der Waals surface area contributed by atoms with Gasteiger partial charge in [0.2, 0.25) is 0 Å². The van der Waals surface area contributed by atoms with Gasteiger partial charge in [-0.15, -0.1) is 0 Å². The van der Waals surface area contributed by atoms with Crippen molar-refractivity contribution in [3.63, 3.8) is 0 Å². The van der Waals surface area contributed by atoms with Gasteiger partial charge in [0.1, 0.15) is 11.8 Å². The molecule has 0 saturated carbocycles. The molecule has 2 aromatic rings. The summed E-state index contributed by atoms with van der Waals surface area (Å²) in [5, 5.41) is 0. The summed E-state index contributed by atoms with van der Waals surface area (Å²) in [6.07, 6.45) is 4.18. The molecule has 13 heavy (non-hydrogen) atoms. The summed E-state index contributed by atoms with van der Waals surface area (Å²) in [5.74, 6) is -0.632. The number of fused-ring (bicyclic) bond motifs is 1. The van der Waals surface area contributed by atoms with Gasteiger partial charge in [-0.25, -0.2) is 19.9 Å². The van der Waals surface area contributed by atoms with Crippen LogP contribution < -0.4 is 5.73 Å². The smallest absolute Gasteiger partial charge is 0.269 e. The van der Waals surface area contributed by atoms with Crippen LogP contribution in [0.5, 0.6) is 0 Å². The summed E-state index contributed by atoms with van der Waals surface area (Å²) in [5.41, 5.74) is 5.88. The van der Waals surface area contributed by atoms with E-state index in [1.165, 1.54) is 18.7 Å². The van der Waals surface area contributed by atoms with E-state index in [0.717, 1.165) is 0 Å². The number of hydrogen-bond acceptors (Lipinski definition) is 5. The molecule has 0 atom stereocenters. The zero-order valence-corrected chi connectivity index (χ0v) is 6.51. The Morgan fingerprint density at radius 1 is 1.15 bits per heavy atom. The number of primary amides is 1. The summed E-state index contributed by atoms with van der Waals surface area (Å²) in [6.45, 7) is 0. The monoisotopic (exact) mass is 175 g/mol. The van der Waals surface area contributed by atoms with Crippen LogP contribution >= 0.6 is 0 Å². The first-order valence-electron chi connectivity index (χ1n) is 3.50. The van der Waals surface area contributed by atoms with Gasteiger partial charge in [-0.2, -0.15) is 0 Å². The van der Waals surface area contributed by atoms with Crippen LogP contribution in [-0.4, -0.2) is 25.8 Å². The number of aromatic nitrogens is 4. The maximum atomic E-state index is 10.9. The largest absolute Gasteiger partial charge is 0.364 e. The third-order valence-corrected chi connectivity index (χ3v) is 1.50. The van der Waals surface area contributed by atoms with E-state index in [4.69, 9.17) is 5.73 Å². The van der Waals surface area contributed by atoms with Gasteiger partial charge in [0.15, 0.2) is 11.3 Å². The SMILES string of the molecule is NC(=O)c1ncnc2nccnc12. The lowest BCUT2D eigenvalue weighted by molar-refractivity contribution is 0.0997. The molecule has 6 nitrogen and oxygen atoms in total. The van der Waals surface area contributed by atoms with Gasteiger partial charge in [-0.05, 0) is 0 Å². The average molecular weight is 175 g/mol. The van der Waals surface area contributed by atoms with Crippen molar-refractivity contribution in [2.75, 3.05) is 0 Å². The highest BCUT2D eigenvalue weighted by Gasteiger charge is 2.09. The van der Waals surface area contributed by atoms with Crippen LogP contribution in [0.3, 0.4) is 0 Å². The minimum atomic E-state index is -0.632. The molecule has 0 spiro atoms. The average Bonchev–Trinajstić information content (AvgIpc) is 2.17. The van der Waals surface area contributed by atoms with Gasteiger partial charge in [0.25, 0.3) is 5.91 Å². The van der Waals surface area contributed by atoms with Crippen LogP contribution in [0.1, 0.15) is 10.5 Å². The zero-order chi connectivity index (χ0) is 9.26. The number of nitrogens with zero attached hydrogens (tertiary/aromatic N) is 4. The van der Waals surface area contributed by atoms with Crippen LogP contribution in [-0.2, 0) is 0 Å². The lowest BCUT2D eigenvalue weighted by Crippen LogP contribution is -2.14. The molecule has 1 amide bonds. The van der Waals surface area contributed by atoms with Crippen LogP contribution in [0.25, 0.3) is 11.2 Å². The molecule has 0 aliphatic rings. The van der Waals surface area contributed by atoms with Crippen molar-refractivity contribution in [2.45, 2.75) is 0 Å². The molecule has 2 rings (SSSR count). The highest BCUT2D eigenvalue weighted by molar-refractivity contribution is 6.00. The Labute approximate surface area is 72.9 Å². The molecule has 0 aliphatic heterocycles. The van der Waals surface area contributed by atoms with Crippen molar-refractivity contribution in [1.29, 1.82) is 0 Å². The number of carbonyl (C=O) groups excluding carboxylic acids is 1. The van der Waals surface area contributed by atoms with Gasteiger partial charge in [0.05, 0.1) is 0 Å². The molecule has 2 N–H and O–H groups in total. The van der Waals surface area contributed by atoms with Crippen LogP contribution in [0.4, 0.5) is 0 Å². The molecule has 2 aromatic heterocycles. The molecule has 64 valence electrons. The molecule has 0 bridgehead atoms. The molecule has 0 aromatic carbocycles. The Morgan fingerprint density at radius 3 is 2.69 bits per heavy atom. The topological polar surface area (TPSA) is 94.7 Å². The maximum Gasteiger partial charge on any atom is 0.269 e. The molecule has 0 unspecified atom stereocenters.